The topological polar surface area (TPSA) is 69.6 Å². The highest BCUT2D eigenvalue weighted by Crippen LogP contribution is 2.34. The van der Waals surface area contributed by atoms with Gasteiger partial charge in [-0.1, -0.05) is 31.2 Å². The number of hydrogen-bond donors (Lipinski definition) is 2. The van der Waals surface area contributed by atoms with Crippen LogP contribution in [-0.4, -0.2) is 35.1 Å². The molecule has 1 aromatic rings. The molecule has 2 N–H and O–H groups in total. The molecule has 3 rings (SSSR count). The zero-order chi connectivity index (χ0) is 17.3. The largest absolute Gasteiger partial charge is 0.481 e. The number of rotatable bonds is 2. The van der Waals surface area contributed by atoms with Gasteiger partial charge in [-0.3, -0.25) is 4.79 Å². The minimum absolute atomic E-state index is 0.00659. The molecule has 1 fully saturated rings. The average Bonchev–Trinajstić information content (AvgIpc) is 2.90. The van der Waals surface area contributed by atoms with Crippen LogP contribution in [0.4, 0.5) is 4.79 Å². The molecule has 3 unspecified atom stereocenters. The second-order valence-corrected chi connectivity index (χ2v) is 7.53. The molecule has 0 saturated carbocycles. The molecule has 1 aliphatic carbocycles. The lowest BCUT2D eigenvalue weighted by Crippen LogP contribution is -2.43. The van der Waals surface area contributed by atoms with E-state index in [2.05, 4.69) is 24.4 Å². The average molecular weight is 330 g/mol. The summed E-state index contributed by atoms with van der Waals surface area (Å²) >= 11 is 0. The Morgan fingerprint density at radius 1 is 1.33 bits per heavy atom. The van der Waals surface area contributed by atoms with Gasteiger partial charge in [-0.25, -0.2) is 4.79 Å². The molecule has 5 nitrogen and oxygen atoms in total. The van der Waals surface area contributed by atoms with Crippen molar-refractivity contribution < 1.29 is 14.7 Å². The van der Waals surface area contributed by atoms with Gasteiger partial charge in [0.2, 0.25) is 0 Å². The van der Waals surface area contributed by atoms with Crippen LogP contribution < -0.4 is 5.32 Å². The Morgan fingerprint density at radius 2 is 2.08 bits per heavy atom. The molecule has 1 aliphatic heterocycles. The zero-order valence-corrected chi connectivity index (χ0v) is 14.4. The van der Waals surface area contributed by atoms with E-state index in [0.29, 0.717) is 18.9 Å². The molecule has 24 heavy (non-hydrogen) atoms. The number of fused-ring (bicyclic) bond motifs is 1. The summed E-state index contributed by atoms with van der Waals surface area (Å²) in [6.45, 7) is 4.67. The van der Waals surface area contributed by atoms with E-state index >= 15 is 0 Å². The molecule has 2 amide bonds. The molecule has 130 valence electrons. The molecule has 0 spiro atoms. The maximum absolute atomic E-state index is 12.7. The minimum atomic E-state index is -0.829. The van der Waals surface area contributed by atoms with E-state index < -0.39 is 11.4 Å². The summed E-state index contributed by atoms with van der Waals surface area (Å²) < 4.78 is 0. The normalized spacial score (nSPS) is 29.7. The van der Waals surface area contributed by atoms with Gasteiger partial charge in [-0.15, -0.1) is 0 Å². The van der Waals surface area contributed by atoms with E-state index in [0.717, 1.165) is 19.3 Å². The van der Waals surface area contributed by atoms with Crippen molar-refractivity contribution >= 4 is 12.0 Å². The van der Waals surface area contributed by atoms with Crippen LogP contribution in [0.2, 0.25) is 0 Å². The molecule has 3 atom stereocenters. The van der Waals surface area contributed by atoms with Crippen LogP contribution >= 0.6 is 0 Å². The van der Waals surface area contributed by atoms with Crippen LogP contribution in [0.5, 0.6) is 0 Å². The monoisotopic (exact) mass is 330 g/mol. The quantitative estimate of drug-likeness (QED) is 0.818. The number of nitrogens with zero attached hydrogens (tertiary/aromatic N) is 1. The van der Waals surface area contributed by atoms with Crippen molar-refractivity contribution in [2.24, 2.45) is 11.3 Å². The SMILES string of the molecule is CC1CCCc2ccccc2C1NC(=O)N1CCC(C)(C(=O)O)C1. The fourth-order valence-corrected chi connectivity index (χ4v) is 3.91. The molecular weight excluding hydrogens is 304 g/mol. The second kappa shape index (κ2) is 6.46. The summed E-state index contributed by atoms with van der Waals surface area (Å²) in [7, 11) is 0. The van der Waals surface area contributed by atoms with Crippen molar-refractivity contribution in [2.45, 2.75) is 45.6 Å². The number of amides is 2. The molecule has 0 aromatic heterocycles. The molecule has 0 bridgehead atoms. The Balaban J connectivity index is 1.75. The van der Waals surface area contributed by atoms with Crippen LogP contribution in [0.1, 0.15) is 50.3 Å². The van der Waals surface area contributed by atoms with Gasteiger partial charge >= 0.3 is 12.0 Å². The molecule has 1 aromatic carbocycles. The summed E-state index contributed by atoms with van der Waals surface area (Å²) in [5, 5.41) is 12.5. The van der Waals surface area contributed by atoms with Gasteiger partial charge in [0.1, 0.15) is 0 Å². The summed E-state index contributed by atoms with van der Waals surface area (Å²) in [6.07, 6.45) is 3.76. The minimum Gasteiger partial charge on any atom is -0.481 e. The Kier molecular flexibility index (Phi) is 4.52. The fraction of sp³-hybridized carbons (Fsp3) is 0.579. The number of carboxylic acids is 1. The van der Waals surface area contributed by atoms with E-state index in [4.69, 9.17) is 0 Å². The lowest BCUT2D eigenvalue weighted by atomic mass is 9.90. The number of hydrogen-bond acceptors (Lipinski definition) is 2. The number of likely N-dealkylation sites (tertiary alicyclic amines) is 1. The van der Waals surface area contributed by atoms with Crippen LogP contribution in [-0.2, 0) is 11.2 Å². The van der Waals surface area contributed by atoms with Gasteiger partial charge in [0.25, 0.3) is 0 Å². The molecular formula is C19H26N2O3. The van der Waals surface area contributed by atoms with Gasteiger partial charge in [0.05, 0.1) is 11.5 Å². The molecule has 2 aliphatic rings. The van der Waals surface area contributed by atoms with Gasteiger partial charge in [-0.05, 0) is 49.7 Å². The van der Waals surface area contributed by atoms with Crippen molar-refractivity contribution in [1.82, 2.24) is 10.2 Å². The smallest absolute Gasteiger partial charge is 0.317 e. The van der Waals surface area contributed by atoms with Gasteiger partial charge in [0.15, 0.2) is 0 Å². The van der Waals surface area contributed by atoms with Crippen LogP contribution in [0.3, 0.4) is 0 Å². The first-order chi connectivity index (χ1) is 11.4. The first-order valence-electron chi connectivity index (χ1n) is 8.77. The first-order valence-corrected chi connectivity index (χ1v) is 8.77. The van der Waals surface area contributed by atoms with Crippen molar-refractivity contribution in [1.29, 1.82) is 0 Å². The highest BCUT2D eigenvalue weighted by Gasteiger charge is 2.42. The third-order valence-electron chi connectivity index (χ3n) is 5.62. The van der Waals surface area contributed by atoms with Crippen molar-refractivity contribution in [3.8, 4) is 0 Å². The number of carboxylic acid groups (broad SMARTS) is 1. The Hall–Kier alpha value is -2.04. The lowest BCUT2D eigenvalue weighted by Gasteiger charge is -2.28. The highest BCUT2D eigenvalue weighted by atomic mass is 16.4. The first kappa shape index (κ1) is 16.8. The molecule has 5 heteroatoms. The Morgan fingerprint density at radius 3 is 2.79 bits per heavy atom. The number of carbonyl (C=O) groups is 2. The molecule has 0 radical (unpaired) electrons. The van der Waals surface area contributed by atoms with Crippen LogP contribution in [0.25, 0.3) is 0 Å². The predicted molar refractivity (Wildman–Crippen MR) is 91.7 cm³/mol. The number of nitrogens with one attached hydrogen (secondary N) is 1. The second-order valence-electron chi connectivity index (χ2n) is 7.53. The van der Waals surface area contributed by atoms with Crippen LogP contribution in [0, 0.1) is 11.3 Å². The Labute approximate surface area is 143 Å². The van der Waals surface area contributed by atoms with Crippen molar-refractivity contribution in [2.75, 3.05) is 13.1 Å². The third-order valence-corrected chi connectivity index (χ3v) is 5.62. The summed E-state index contributed by atoms with van der Waals surface area (Å²) in [5.74, 6) is -0.461. The van der Waals surface area contributed by atoms with Gasteiger partial charge in [0, 0.05) is 13.1 Å². The molecule has 1 saturated heterocycles. The third kappa shape index (κ3) is 3.12. The Bertz CT molecular complexity index is 645. The number of carbonyl (C=O) groups excluding carboxylic acids is 1. The molecule has 1 heterocycles. The van der Waals surface area contributed by atoms with Crippen molar-refractivity contribution in [3.63, 3.8) is 0 Å². The maximum Gasteiger partial charge on any atom is 0.317 e. The van der Waals surface area contributed by atoms with E-state index in [-0.39, 0.29) is 18.6 Å². The van der Waals surface area contributed by atoms with E-state index in [1.807, 2.05) is 12.1 Å². The fourth-order valence-electron chi connectivity index (χ4n) is 3.91. The zero-order valence-electron chi connectivity index (χ0n) is 14.4. The van der Waals surface area contributed by atoms with Gasteiger partial charge < -0.3 is 15.3 Å². The number of aryl methyl sites for hydroxylation is 1. The van der Waals surface area contributed by atoms with Gasteiger partial charge in [-0.2, -0.15) is 0 Å². The highest BCUT2D eigenvalue weighted by molar-refractivity contribution is 5.79. The lowest BCUT2D eigenvalue weighted by molar-refractivity contribution is -0.147. The summed E-state index contributed by atoms with van der Waals surface area (Å²) in [6, 6.07) is 8.17. The van der Waals surface area contributed by atoms with Crippen molar-refractivity contribution in [3.05, 3.63) is 35.4 Å². The maximum atomic E-state index is 12.7. The van der Waals surface area contributed by atoms with E-state index in [9.17, 15) is 14.7 Å². The standard InChI is InChI=1S/C19H26N2O3/c1-13-6-5-8-14-7-3-4-9-15(14)16(13)20-18(24)21-11-10-19(2,12-21)17(22)23/h3-4,7,9,13,16H,5-6,8,10-12H2,1-2H3,(H,20,24)(H,22,23). The summed E-state index contributed by atoms with van der Waals surface area (Å²) in [5.41, 5.74) is 1.68. The van der Waals surface area contributed by atoms with E-state index in [1.165, 1.54) is 11.1 Å². The predicted octanol–water partition coefficient (Wildman–Crippen LogP) is 3.21. The van der Waals surface area contributed by atoms with E-state index in [1.54, 1.807) is 11.8 Å². The van der Waals surface area contributed by atoms with Crippen LogP contribution in [0.15, 0.2) is 24.3 Å². The number of aliphatic carboxylic acids is 1. The number of urea groups is 1. The number of benzene rings is 1. The summed E-state index contributed by atoms with van der Waals surface area (Å²) in [4.78, 5) is 25.7.